The lowest BCUT2D eigenvalue weighted by Crippen LogP contribution is -2.22. The van der Waals surface area contributed by atoms with E-state index >= 15 is 0 Å². The molecule has 0 atom stereocenters. The number of nitrogens with one attached hydrogen (secondary N) is 1. The quantitative estimate of drug-likeness (QED) is 0.557. The number of esters is 1. The lowest BCUT2D eigenvalue weighted by molar-refractivity contribution is -0.144. The van der Waals surface area contributed by atoms with Gasteiger partial charge in [0.25, 0.3) is 5.91 Å². The maximum absolute atomic E-state index is 12.0. The molecule has 0 spiro atoms. The van der Waals surface area contributed by atoms with E-state index in [-0.39, 0.29) is 18.3 Å². The van der Waals surface area contributed by atoms with Gasteiger partial charge in [0.2, 0.25) is 0 Å². The van der Waals surface area contributed by atoms with E-state index in [9.17, 15) is 9.59 Å². The van der Waals surface area contributed by atoms with Crippen molar-refractivity contribution in [3.05, 3.63) is 57.6 Å². The zero-order chi connectivity index (χ0) is 18.4. The van der Waals surface area contributed by atoms with Crippen LogP contribution in [0.4, 0.5) is 5.69 Å². The second kappa shape index (κ2) is 9.13. The first kappa shape index (κ1) is 19.6. The molecule has 0 saturated carbocycles. The average molecular weight is 398 g/mol. The van der Waals surface area contributed by atoms with Crippen LogP contribution in [0, 0.1) is 13.8 Å². The van der Waals surface area contributed by atoms with Crippen LogP contribution in [-0.2, 0) is 14.3 Å². The first-order valence-electron chi connectivity index (χ1n) is 7.46. The van der Waals surface area contributed by atoms with Gasteiger partial charge in [-0.25, -0.2) is 0 Å². The first-order chi connectivity index (χ1) is 11.9. The van der Waals surface area contributed by atoms with Crippen LogP contribution in [0.1, 0.15) is 11.1 Å². The number of hydrogen-bond donors (Lipinski definition) is 1. The maximum atomic E-state index is 12.0. The van der Waals surface area contributed by atoms with Crippen molar-refractivity contribution < 1.29 is 14.3 Å². The Morgan fingerprint density at radius 1 is 1.12 bits per heavy atom. The fourth-order valence-corrected chi connectivity index (χ4v) is 3.39. The minimum absolute atomic E-state index is 0.0384. The molecule has 2 aromatic rings. The highest BCUT2D eigenvalue weighted by atomic mass is 35.5. The van der Waals surface area contributed by atoms with Gasteiger partial charge in [-0.15, -0.1) is 11.8 Å². The molecule has 2 rings (SSSR count). The van der Waals surface area contributed by atoms with Crippen molar-refractivity contribution in [3.63, 3.8) is 0 Å². The molecule has 0 radical (unpaired) electrons. The summed E-state index contributed by atoms with van der Waals surface area (Å²) in [4.78, 5) is 24.5. The summed E-state index contributed by atoms with van der Waals surface area (Å²) in [5, 5.41) is 3.81. The van der Waals surface area contributed by atoms with Crippen LogP contribution in [0.25, 0.3) is 0 Å². The first-order valence-corrected chi connectivity index (χ1v) is 9.20. The number of benzene rings is 2. The Hall–Kier alpha value is -1.69. The highest BCUT2D eigenvalue weighted by Crippen LogP contribution is 2.29. The number of para-hydroxylation sites is 1. The fraction of sp³-hybridized carbons (Fsp3) is 0.222. The Kier molecular flexibility index (Phi) is 7.17. The van der Waals surface area contributed by atoms with Crippen LogP contribution in [-0.4, -0.2) is 24.2 Å². The number of amides is 1. The number of rotatable bonds is 6. The zero-order valence-electron chi connectivity index (χ0n) is 13.8. The predicted octanol–water partition coefficient (Wildman–Crippen LogP) is 4.88. The van der Waals surface area contributed by atoms with E-state index in [2.05, 4.69) is 5.32 Å². The number of carbonyl (C=O) groups is 2. The molecule has 1 N–H and O–H groups in total. The third kappa shape index (κ3) is 5.96. The zero-order valence-corrected chi connectivity index (χ0v) is 16.1. The maximum Gasteiger partial charge on any atom is 0.316 e. The molecule has 132 valence electrons. The Bertz CT molecular complexity index is 776. The van der Waals surface area contributed by atoms with Crippen LogP contribution < -0.4 is 5.32 Å². The number of aryl methyl sites for hydroxylation is 2. The van der Waals surface area contributed by atoms with Gasteiger partial charge in [-0.1, -0.05) is 41.4 Å². The largest absolute Gasteiger partial charge is 0.455 e. The van der Waals surface area contributed by atoms with Crippen molar-refractivity contribution in [2.75, 3.05) is 17.7 Å². The third-order valence-electron chi connectivity index (χ3n) is 3.35. The Balaban J connectivity index is 1.81. The van der Waals surface area contributed by atoms with E-state index in [4.69, 9.17) is 27.9 Å². The smallest absolute Gasteiger partial charge is 0.316 e. The second-order valence-electron chi connectivity index (χ2n) is 5.34. The van der Waals surface area contributed by atoms with E-state index < -0.39 is 5.97 Å². The van der Waals surface area contributed by atoms with E-state index in [0.29, 0.717) is 14.9 Å². The second-order valence-corrected chi connectivity index (χ2v) is 7.20. The number of carbonyl (C=O) groups excluding carboxylic acids is 2. The summed E-state index contributed by atoms with van der Waals surface area (Å²) in [6.07, 6.45) is 0. The number of halogens is 2. The van der Waals surface area contributed by atoms with Crippen molar-refractivity contribution in [3.8, 4) is 0 Å². The topological polar surface area (TPSA) is 55.4 Å². The van der Waals surface area contributed by atoms with Gasteiger partial charge < -0.3 is 10.1 Å². The highest BCUT2D eigenvalue weighted by molar-refractivity contribution is 8.00. The molecule has 0 aliphatic heterocycles. The van der Waals surface area contributed by atoms with Crippen molar-refractivity contribution >= 4 is 52.5 Å². The molecule has 25 heavy (non-hydrogen) atoms. The van der Waals surface area contributed by atoms with E-state index in [1.54, 1.807) is 18.2 Å². The summed E-state index contributed by atoms with van der Waals surface area (Å²) in [5.74, 6) is -0.842. The molecular weight excluding hydrogens is 381 g/mol. The third-order valence-corrected chi connectivity index (χ3v) is 5.05. The Morgan fingerprint density at radius 3 is 2.48 bits per heavy atom. The molecule has 0 aliphatic carbocycles. The Morgan fingerprint density at radius 2 is 1.80 bits per heavy atom. The lowest BCUT2D eigenvalue weighted by atomic mass is 10.1. The molecule has 1 amide bonds. The summed E-state index contributed by atoms with van der Waals surface area (Å²) >= 11 is 13.1. The van der Waals surface area contributed by atoms with Gasteiger partial charge in [0.05, 0.1) is 10.8 Å². The van der Waals surface area contributed by atoms with Crippen molar-refractivity contribution in [2.45, 2.75) is 18.7 Å². The number of thioether (sulfide) groups is 1. The van der Waals surface area contributed by atoms with Gasteiger partial charge in [-0.3, -0.25) is 9.59 Å². The summed E-state index contributed by atoms with van der Waals surface area (Å²) in [7, 11) is 0. The van der Waals surface area contributed by atoms with E-state index in [0.717, 1.165) is 16.8 Å². The Labute approximate surface area is 160 Å². The normalized spacial score (nSPS) is 10.4. The standard InChI is InChI=1S/C18H17Cl2NO3S/c1-11-4-3-5-12(2)18(11)21-16(22)9-24-17(23)10-25-15-8-13(19)6-7-14(15)20/h3-8H,9-10H2,1-2H3,(H,21,22). The molecule has 0 aromatic heterocycles. The van der Waals surface area contributed by atoms with E-state index in [1.807, 2.05) is 32.0 Å². The van der Waals surface area contributed by atoms with Crippen LogP contribution in [0.5, 0.6) is 0 Å². The van der Waals surface area contributed by atoms with Crippen molar-refractivity contribution in [2.24, 2.45) is 0 Å². The number of hydrogen-bond acceptors (Lipinski definition) is 4. The molecule has 0 heterocycles. The van der Waals surface area contributed by atoms with Gasteiger partial charge in [0.15, 0.2) is 6.61 Å². The summed E-state index contributed by atoms with van der Waals surface area (Å²) in [6, 6.07) is 10.7. The molecule has 0 bridgehead atoms. The summed E-state index contributed by atoms with van der Waals surface area (Å²) in [5.41, 5.74) is 2.64. The van der Waals surface area contributed by atoms with Crippen LogP contribution in [0.15, 0.2) is 41.3 Å². The van der Waals surface area contributed by atoms with Crippen molar-refractivity contribution in [1.82, 2.24) is 0 Å². The summed E-state index contributed by atoms with van der Waals surface area (Å²) < 4.78 is 5.00. The van der Waals surface area contributed by atoms with Crippen molar-refractivity contribution in [1.29, 1.82) is 0 Å². The van der Waals surface area contributed by atoms with Crippen LogP contribution in [0.2, 0.25) is 10.0 Å². The number of anilines is 1. The number of ether oxygens (including phenoxy) is 1. The molecule has 0 unspecified atom stereocenters. The SMILES string of the molecule is Cc1cccc(C)c1NC(=O)COC(=O)CSc1cc(Cl)ccc1Cl. The molecule has 0 aliphatic rings. The minimum atomic E-state index is -0.502. The fourth-order valence-electron chi connectivity index (χ4n) is 2.10. The van der Waals surface area contributed by atoms with E-state index in [1.165, 1.54) is 11.8 Å². The highest BCUT2D eigenvalue weighted by Gasteiger charge is 2.12. The molecule has 4 nitrogen and oxygen atoms in total. The molecule has 0 saturated heterocycles. The van der Waals surface area contributed by atoms with Crippen LogP contribution >= 0.6 is 35.0 Å². The van der Waals surface area contributed by atoms with Gasteiger partial charge in [0.1, 0.15) is 0 Å². The monoisotopic (exact) mass is 397 g/mol. The summed E-state index contributed by atoms with van der Waals surface area (Å²) in [6.45, 7) is 3.47. The van der Waals surface area contributed by atoms with Crippen LogP contribution in [0.3, 0.4) is 0 Å². The van der Waals surface area contributed by atoms with Gasteiger partial charge in [-0.2, -0.15) is 0 Å². The molecule has 0 fully saturated rings. The lowest BCUT2D eigenvalue weighted by Gasteiger charge is -2.11. The van der Waals surface area contributed by atoms with Gasteiger partial charge >= 0.3 is 5.97 Å². The average Bonchev–Trinajstić information content (AvgIpc) is 2.57. The minimum Gasteiger partial charge on any atom is -0.455 e. The van der Waals surface area contributed by atoms with Gasteiger partial charge in [-0.05, 0) is 43.2 Å². The molecule has 2 aromatic carbocycles. The van der Waals surface area contributed by atoms with Gasteiger partial charge in [0, 0.05) is 15.6 Å². The predicted molar refractivity (Wildman–Crippen MR) is 103 cm³/mol. The molecular formula is C18H17Cl2NO3S. The molecule has 7 heteroatoms.